The van der Waals surface area contributed by atoms with Gasteiger partial charge in [-0.3, -0.25) is 9.59 Å². The van der Waals surface area contributed by atoms with Crippen LogP contribution in [0.1, 0.15) is 34.6 Å². The minimum atomic E-state index is -0.272. The highest BCUT2D eigenvalue weighted by molar-refractivity contribution is 6.30. The zero-order chi connectivity index (χ0) is 16.8. The van der Waals surface area contributed by atoms with E-state index >= 15 is 0 Å². The largest absolute Gasteiger partial charge is 0.352 e. The third-order valence-corrected chi connectivity index (χ3v) is 3.41. The molecule has 0 aliphatic heterocycles. The van der Waals surface area contributed by atoms with Gasteiger partial charge in [-0.25, -0.2) is 0 Å². The average molecular weight is 331 g/mol. The van der Waals surface area contributed by atoms with Gasteiger partial charge in [-0.15, -0.1) is 0 Å². The fourth-order valence-electron chi connectivity index (χ4n) is 1.94. The van der Waals surface area contributed by atoms with E-state index in [4.69, 9.17) is 11.6 Å². The summed E-state index contributed by atoms with van der Waals surface area (Å²) in [4.78, 5) is 24.3. The van der Waals surface area contributed by atoms with Gasteiger partial charge in [-0.1, -0.05) is 31.5 Å². The lowest BCUT2D eigenvalue weighted by atomic mass is 10.1. The number of hydrogen-bond acceptors (Lipinski definition) is 2. The Balaban J connectivity index is 2.07. The van der Waals surface area contributed by atoms with Crippen LogP contribution in [0.15, 0.2) is 48.5 Å². The highest BCUT2D eigenvalue weighted by Gasteiger charge is 2.11. The van der Waals surface area contributed by atoms with Gasteiger partial charge < -0.3 is 10.6 Å². The summed E-state index contributed by atoms with van der Waals surface area (Å²) in [6.45, 7) is 4.65. The molecule has 2 aromatic carbocycles. The lowest BCUT2D eigenvalue weighted by Crippen LogP contribution is -2.27. The lowest BCUT2D eigenvalue weighted by Gasteiger charge is -2.09. The highest BCUT2D eigenvalue weighted by Crippen LogP contribution is 2.15. The maximum Gasteiger partial charge on any atom is 0.255 e. The first-order valence-electron chi connectivity index (χ1n) is 7.41. The van der Waals surface area contributed by atoms with Crippen LogP contribution >= 0.6 is 11.6 Å². The monoisotopic (exact) mass is 330 g/mol. The number of amides is 2. The van der Waals surface area contributed by atoms with Gasteiger partial charge >= 0.3 is 0 Å². The summed E-state index contributed by atoms with van der Waals surface area (Å²) in [5.41, 5.74) is 1.54. The van der Waals surface area contributed by atoms with Gasteiger partial charge in [0, 0.05) is 28.4 Å². The average Bonchev–Trinajstić information content (AvgIpc) is 2.54. The molecule has 2 N–H and O–H groups in total. The molecule has 0 spiro atoms. The van der Waals surface area contributed by atoms with E-state index in [-0.39, 0.29) is 11.8 Å². The topological polar surface area (TPSA) is 58.2 Å². The molecule has 0 aliphatic carbocycles. The maximum absolute atomic E-state index is 12.3. The van der Waals surface area contributed by atoms with Crippen LogP contribution in [0.3, 0.4) is 0 Å². The van der Waals surface area contributed by atoms with Crippen molar-refractivity contribution >= 4 is 29.1 Å². The van der Waals surface area contributed by atoms with Crippen molar-refractivity contribution in [2.75, 3.05) is 11.9 Å². The minimum absolute atomic E-state index is 0.181. The second-order valence-corrected chi connectivity index (χ2v) is 6.08. The summed E-state index contributed by atoms with van der Waals surface area (Å²) in [5, 5.41) is 6.21. The molecular formula is C18H19ClN2O2. The van der Waals surface area contributed by atoms with Crippen molar-refractivity contribution in [2.45, 2.75) is 13.8 Å². The van der Waals surface area contributed by atoms with Crippen LogP contribution in [-0.2, 0) is 0 Å². The highest BCUT2D eigenvalue weighted by atomic mass is 35.5. The number of halogens is 1. The van der Waals surface area contributed by atoms with Crippen molar-refractivity contribution in [2.24, 2.45) is 5.92 Å². The van der Waals surface area contributed by atoms with E-state index in [9.17, 15) is 9.59 Å². The van der Waals surface area contributed by atoms with Crippen molar-refractivity contribution in [1.29, 1.82) is 0 Å². The van der Waals surface area contributed by atoms with Gasteiger partial charge in [0.2, 0.25) is 0 Å². The van der Waals surface area contributed by atoms with E-state index in [0.29, 0.717) is 34.3 Å². The summed E-state index contributed by atoms with van der Waals surface area (Å²) in [5.74, 6) is -0.0824. The Morgan fingerprint density at radius 3 is 2.22 bits per heavy atom. The van der Waals surface area contributed by atoms with Crippen LogP contribution in [0.2, 0.25) is 5.02 Å². The number of benzene rings is 2. The smallest absolute Gasteiger partial charge is 0.255 e. The van der Waals surface area contributed by atoms with Crippen LogP contribution in [-0.4, -0.2) is 18.4 Å². The van der Waals surface area contributed by atoms with Crippen molar-refractivity contribution in [3.63, 3.8) is 0 Å². The van der Waals surface area contributed by atoms with Gasteiger partial charge in [-0.05, 0) is 48.4 Å². The Hall–Kier alpha value is -2.33. The molecule has 2 aromatic rings. The first-order valence-corrected chi connectivity index (χ1v) is 7.78. The third kappa shape index (κ3) is 5.11. The van der Waals surface area contributed by atoms with E-state index in [1.165, 1.54) is 0 Å². The Kier molecular flexibility index (Phi) is 5.77. The first-order chi connectivity index (χ1) is 11.0. The lowest BCUT2D eigenvalue weighted by molar-refractivity contribution is 0.0949. The number of carbonyl (C=O) groups excluding carboxylic acids is 2. The molecule has 0 unspecified atom stereocenters. The molecule has 0 fully saturated rings. The van der Waals surface area contributed by atoms with Crippen LogP contribution < -0.4 is 10.6 Å². The predicted molar refractivity (Wildman–Crippen MR) is 93.0 cm³/mol. The van der Waals surface area contributed by atoms with E-state index in [0.717, 1.165) is 0 Å². The van der Waals surface area contributed by atoms with Crippen LogP contribution in [0.5, 0.6) is 0 Å². The van der Waals surface area contributed by atoms with Crippen LogP contribution in [0.25, 0.3) is 0 Å². The molecule has 120 valence electrons. The van der Waals surface area contributed by atoms with Crippen LogP contribution in [0.4, 0.5) is 5.69 Å². The van der Waals surface area contributed by atoms with E-state index < -0.39 is 0 Å². The van der Waals surface area contributed by atoms with E-state index in [2.05, 4.69) is 10.6 Å². The summed E-state index contributed by atoms with van der Waals surface area (Å²) < 4.78 is 0. The normalized spacial score (nSPS) is 10.4. The standard InChI is InChI=1S/C18H19ClN2O2/c1-12(2)11-20-17(22)13-4-3-5-14(10-13)18(23)21-16-8-6-15(19)7-9-16/h3-10,12H,11H2,1-2H3,(H,20,22)(H,21,23). The molecule has 2 rings (SSSR count). The molecule has 5 heteroatoms. The van der Waals surface area contributed by atoms with Crippen molar-refractivity contribution in [3.8, 4) is 0 Å². The molecule has 0 saturated heterocycles. The third-order valence-electron chi connectivity index (χ3n) is 3.16. The summed E-state index contributed by atoms with van der Waals surface area (Å²) in [6.07, 6.45) is 0. The molecule has 0 aromatic heterocycles. The zero-order valence-corrected chi connectivity index (χ0v) is 13.9. The second-order valence-electron chi connectivity index (χ2n) is 5.65. The van der Waals surface area contributed by atoms with Crippen molar-refractivity contribution in [3.05, 3.63) is 64.7 Å². The van der Waals surface area contributed by atoms with Crippen LogP contribution in [0, 0.1) is 5.92 Å². The molecule has 0 bridgehead atoms. The van der Waals surface area contributed by atoms with Crippen molar-refractivity contribution < 1.29 is 9.59 Å². The molecule has 2 amide bonds. The quantitative estimate of drug-likeness (QED) is 0.871. The Bertz CT molecular complexity index is 696. The Morgan fingerprint density at radius 2 is 1.61 bits per heavy atom. The number of nitrogens with one attached hydrogen (secondary N) is 2. The number of rotatable bonds is 5. The molecule has 4 nitrogen and oxygen atoms in total. The van der Waals surface area contributed by atoms with Gasteiger partial charge in [0.15, 0.2) is 0 Å². The Labute approximate surface area is 140 Å². The van der Waals surface area contributed by atoms with Gasteiger partial charge in [0.25, 0.3) is 11.8 Å². The summed E-state index contributed by atoms with van der Waals surface area (Å²) in [6, 6.07) is 13.5. The fraction of sp³-hybridized carbons (Fsp3) is 0.222. The fourth-order valence-corrected chi connectivity index (χ4v) is 2.06. The minimum Gasteiger partial charge on any atom is -0.352 e. The molecule has 0 saturated carbocycles. The van der Waals surface area contributed by atoms with Gasteiger partial charge in [0.05, 0.1) is 0 Å². The van der Waals surface area contributed by atoms with Gasteiger partial charge in [0.1, 0.15) is 0 Å². The number of carbonyl (C=O) groups is 2. The summed E-state index contributed by atoms with van der Waals surface area (Å²) in [7, 11) is 0. The van der Waals surface area contributed by atoms with Gasteiger partial charge in [-0.2, -0.15) is 0 Å². The van der Waals surface area contributed by atoms with Crippen molar-refractivity contribution in [1.82, 2.24) is 5.32 Å². The summed E-state index contributed by atoms with van der Waals surface area (Å²) >= 11 is 5.82. The number of hydrogen-bond donors (Lipinski definition) is 2. The molecule has 0 heterocycles. The predicted octanol–water partition coefficient (Wildman–Crippen LogP) is 3.98. The van der Waals surface area contributed by atoms with E-state index in [1.807, 2.05) is 13.8 Å². The molecule has 0 atom stereocenters. The molecule has 0 radical (unpaired) electrons. The first kappa shape index (κ1) is 17.0. The zero-order valence-electron chi connectivity index (χ0n) is 13.1. The SMILES string of the molecule is CC(C)CNC(=O)c1cccc(C(=O)Nc2ccc(Cl)cc2)c1. The van der Waals surface area contributed by atoms with E-state index in [1.54, 1.807) is 48.5 Å². The Morgan fingerprint density at radius 1 is 1.00 bits per heavy atom. The second kappa shape index (κ2) is 7.79. The maximum atomic E-state index is 12.3. The molecule has 23 heavy (non-hydrogen) atoms. The molecular weight excluding hydrogens is 312 g/mol. The number of anilines is 1. The molecule has 0 aliphatic rings.